The Kier molecular flexibility index (Phi) is 8.64. The average molecular weight is 611 g/mol. The van der Waals surface area contributed by atoms with Gasteiger partial charge in [0.25, 0.3) is 15.9 Å². The van der Waals surface area contributed by atoms with Gasteiger partial charge in [0.2, 0.25) is 6.79 Å². The van der Waals surface area contributed by atoms with Crippen LogP contribution in [-0.2, 0) is 10.0 Å². The van der Waals surface area contributed by atoms with Crippen LogP contribution in [0.5, 0.6) is 17.2 Å². The lowest BCUT2D eigenvalue weighted by Gasteiger charge is -2.38. The van der Waals surface area contributed by atoms with Gasteiger partial charge in [-0.15, -0.1) is 0 Å². The molecule has 43 heavy (non-hydrogen) atoms. The minimum Gasteiger partial charge on any atom is -0.487 e. The number of ether oxygens (including phenoxy) is 3. The molecule has 3 N–H and O–H groups in total. The largest absolute Gasteiger partial charge is 0.487 e. The van der Waals surface area contributed by atoms with Gasteiger partial charge in [-0.3, -0.25) is 9.52 Å². The van der Waals surface area contributed by atoms with Gasteiger partial charge < -0.3 is 34.4 Å². The van der Waals surface area contributed by atoms with Crippen molar-refractivity contribution in [3.8, 4) is 17.2 Å². The van der Waals surface area contributed by atoms with Crippen LogP contribution in [0.25, 0.3) is 0 Å². The van der Waals surface area contributed by atoms with Gasteiger partial charge in [-0.1, -0.05) is 25.1 Å². The van der Waals surface area contributed by atoms with E-state index in [1.165, 1.54) is 35.2 Å². The second-order valence-electron chi connectivity index (χ2n) is 10.6. The van der Waals surface area contributed by atoms with Crippen molar-refractivity contribution in [3.05, 3.63) is 72.3 Å². The molecule has 0 bridgehead atoms. The first-order valence-corrected chi connectivity index (χ1v) is 15.3. The van der Waals surface area contributed by atoms with Crippen LogP contribution in [0.4, 0.5) is 16.2 Å². The number of nitrogens with zero attached hydrogens (tertiary/aromatic N) is 2. The van der Waals surface area contributed by atoms with Crippen molar-refractivity contribution in [2.24, 2.45) is 5.92 Å². The van der Waals surface area contributed by atoms with Crippen LogP contribution in [0.2, 0.25) is 0 Å². The molecule has 13 heteroatoms. The molecule has 0 saturated carbocycles. The molecule has 0 fully saturated rings. The highest BCUT2D eigenvalue weighted by Crippen LogP contribution is 2.35. The van der Waals surface area contributed by atoms with E-state index in [1.807, 2.05) is 6.92 Å². The van der Waals surface area contributed by atoms with Crippen LogP contribution in [0, 0.1) is 5.92 Å². The van der Waals surface area contributed by atoms with Gasteiger partial charge in [0.05, 0.1) is 29.7 Å². The summed E-state index contributed by atoms with van der Waals surface area (Å²) in [5.41, 5.74) is 0.858. The van der Waals surface area contributed by atoms with Gasteiger partial charge in [0.15, 0.2) is 11.5 Å². The van der Waals surface area contributed by atoms with Crippen molar-refractivity contribution in [1.29, 1.82) is 0 Å². The number of amides is 3. The number of aliphatic hydroxyl groups excluding tert-OH is 1. The first-order valence-electron chi connectivity index (χ1n) is 13.8. The summed E-state index contributed by atoms with van der Waals surface area (Å²) in [6.45, 7) is 3.91. The summed E-state index contributed by atoms with van der Waals surface area (Å²) >= 11 is 0. The third-order valence-electron chi connectivity index (χ3n) is 7.39. The highest BCUT2D eigenvalue weighted by molar-refractivity contribution is 7.92. The molecular formula is C30H34N4O8S. The molecule has 5 rings (SSSR count). The maximum Gasteiger partial charge on any atom is 0.321 e. The summed E-state index contributed by atoms with van der Waals surface area (Å²) in [5, 5.41) is 12.8. The van der Waals surface area contributed by atoms with E-state index < -0.39 is 28.1 Å². The van der Waals surface area contributed by atoms with Gasteiger partial charge in [-0.05, 0) is 49.4 Å². The molecule has 0 radical (unpaired) electrons. The van der Waals surface area contributed by atoms with Crippen LogP contribution in [-0.4, -0.2) is 80.9 Å². The van der Waals surface area contributed by atoms with Crippen molar-refractivity contribution in [3.63, 3.8) is 0 Å². The van der Waals surface area contributed by atoms with E-state index in [0.717, 1.165) is 0 Å². The Morgan fingerprint density at radius 1 is 1.05 bits per heavy atom. The van der Waals surface area contributed by atoms with Gasteiger partial charge in [0, 0.05) is 37.0 Å². The molecule has 12 nitrogen and oxygen atoms in total. The zero-order valence-corrected chi connectivity index (χ0v) is 24.8. The van der Waals surface area contributed by atoms with Crippen LogP contribution in [0.15, 0.2) is 71.6 Å². The number of carbonyl (C=O) groups excluding carboxylic acids is 2. The third kappa shape index (κ3) is 6.62. The molecule has 2 aliphatic rings. The molecule has 3 amide bonds. The highest BCUT2D eigenvalue weighted by atomic mass is 32.2. The Bertz CT molecular complexity index is 1600. The predicted octanol–water partition coefficient (Wildman–Crippen LogP) is 3.60. The summed E-state index contributed by atoms with van der Waals surface area (Å²) in [4.78, 5) is 29.9. The van der Waals surface area contributed by atoms with Crippen LogP contribution >= 0.6 is 0 Å². The monoisotopic (exact) mass is 610 g/mol. The average Bonchev–Trinajstić information content (AvgIpc) is 3.47. The number of likely N-dealkylation sites (N-methyl/N-ethyl adjacent to an activating group) is 1. The maximum atomic E-state index is 13.7. The standard InChI is InChI=1S/C30H34N4O8S/c1-19-15-34(20(2)17-35)29(36)24-13-22(32-43(38,39)23-7-5-4-6-8-23)10-11-25(24)42-28(19)16-33(3)30(37)31-21-9-12-26-27(14-21)41-18-40-26/h4-14,19-20,28,32,35H,15-18H2,1-3H3,(H,31,37)/t19-,20+,28-/m0/s1. The molecule has 0 aromatic heterocycles. The van der Waals surface area contributed by atoms with E-state index in [-0.39, 0.29) is 60.3 Å². The fourth-order valence-corrected chi connectivity index (χ4v) is 5.93. The number of sulfonamides is 1. The number of aliphatic hydroxyl groups is 1. The van der Waals surface area contributed by atoms with E-state index in [2.05, 4.69) is 10.0 Å². The number of hydrogen-bond donors (Lipinski definition) is 3. The quantitative estimate of drug-likeness (QED) is 0.351. The smallest absolute Gasteiger partial charge is 0.321 e. The molecule has 228 valence electrons. The minimum absolute atomic E-state index is 0.0794. The first kappa shape index (κ1) is 30.0. The number of benzene rings is 3. The van der Waals surface area contributed by atoms with E-state index in [1.54, 1.807) is 55.3 Å². The molecule has 3 atom stereocenters. The summed E-state index contributed by atoms with van der Waals surface area (Å²) in [5.74, 6) is 0.750. The number of fused-ring (bicyclic) bond motifs is 2. The second-order valence-corrected chi connectivity index (χ2v) is 12.3. The molecule has 0 spiro atoms. The van der Waals surface area contributed by atoms with Crippen LogP contribution < -0.4 is 24.2 Å². The minimum atomic E-state index is -3.90. The fraction of sp³-hybridized carbons (Fsp3) is 0.333. The van der Waals surface area contributed by atoms with Gasteiger partial charge in [0.1, 0.15) is 11.9 Å². The number of urea groups is 1. The van der Waals surface area contributed by atoms with E-state index >= 15 is 0 Å². The summed E-state index contributed by atoms with van der Waals surface area (Å²) in [7, 11) is -2.27. The predicted molar refractivity (Wildman–Crippen MR) is 159 cm³/mol. The van der Waals surface area contributed by atoms with Crippen molar-refractivity contribution < 1.29 is 37.3 Å². The van der Waals surface area contributed by atoms with Gasteiger partial charge in [-0.2, -0.15) is 0 Å². The zero-order valence-electron chi connectivity index (χ0n) is 24.0. The molecule has 3 aromatic carbocycles. The Morgan fingerprint density at radius 2 is 1.74 bits per heavy atom. The molecular weight excluding hydrogens is 576 g/mol. The van der Waals surface area contributed by atoms with Crippen molar-refractivity contribution in [1.82, 2.24) is 9.80 Å². The highest BCUT2D eigenvalue weighted by Gasteiger charge is 2.34. The molecule has 0 unspecified atom stereocenters. The molecule has 0 saturated heterocycles. The van der Waals surface area contributed by atoms with E-state index in [9.17, 15) is 23.1 Å². The zero-order chi connectivity index (χ0) is 30.7. The fourth-order valence-electron chi connectivity index (χ4n) is 4.86. The van der Waals surface area contributed by atoms with E-state index in [0.29, 0.717) is 17.2 Å². The third-order valence-corrected chi connectivity index (χ3v) is 8.79. The number of carbonyl (C=O) groups is 2. The Hall–Kier alpha value is -4.49. The summed E-state index contributed by atoms with van der Waals surface area (Å²) in [6.07, 6.45) is -0.542. The second kappa shape index (κ2) is 12.4. The normalized spacial score (nSPS) is 18.5. The molecule has 0 aliphatic carbocycles. The van der Waals surface area contributed by atoms with Gasteiger partial charge >= 0.3 is 6.03 Å². The van der Waals surface area contributed by atoms with Crippen LogP contribution in [0.1, 0.15) is 24.2 Å². The molecule has 2 aliphatic heterocycles. The summed E-state index contributed by atoms with van der Waals surface area (Å²) in [6, 6.07) is 16.6. The lowest BCUT2D eigenvalue weighted by atomic mass is 9.99. The topological polar surface area (TPSA) is 147 Å². The summed E-state index contributed by atoms with van der Waals surface area (Å²) < 4.78 is 45.4. The lowest BCUT2D eigenvalue weighted by Crippen LogP contribution is -2.50. The number of anilines is 2. The molecule has 2 heterocycles. The Morgan fingerprint density at radius 3 is 2.49 bits per heavy atom. The Balaban J connectivity index is 1.38. The van der Waals surface area contributed by atoms with E-state index in [4.69, 9.17) is 14.2 Å². The molecule has 3 aromatic rings. The van der Waals surface area contributed by atoms with Crippen molar-refractivity contribution >= 4 is 33.3 Å². The van der Waals surface area contributed by atoms with Crippen molar-refractivity contribution in [2.75, 3.05) is 43.6 Å². The maximum absolute atomic E-state index is 13.7. The first-order chi connectivity index (χ1) is 20.6. The number of nitrogens with one attached hydrogen (secondary N) is 2. The van der Waals surface area contributed by atoms with Crippen LogP contribution in [0.3, 0.4) is 0 Å². The van der Waals surface area contributed by atoms with Crippen molar-refractivity contribution in [2.45, 2.75) is 30.9 Å². The SMILES string of the molecule is C[C@H](CO)N1C[C@H](C)[C@H](CN(C)C(=O)Nc2ccc3c(c2)OCO3)Oc2ccc(NS(=O)(=O)c3ccccc3)cc2C1=O. The number of rotatable bonds is 8. The van der Waals surface area contributed by atoms with Gasteiger partial charge in [-0.25, -0.2) is 13.2 Å². The lowest BCUT2D eigenvalue weighted by molar-refractivity contribution is 0.0371. The Labute approximate surface area is 250 Å². The number of hydrogen-bond acceptors (Lipinski definition) is 8.